The number of fused-ring (bicyclic) bond motifs is 5. The number of carbonyl (C=O) groups is 1. The van der Waals surface area contributed by atoms with Gasteiger partial charge in [0.15, 0.2) is 9.84 Å². The maximum atomic E-state index is 12.4. The zero-order valence-corrected chi connectivity index (χ0v) is 11.3. The molecule has 0 fully saturated rings. The second-order valence-corrected chi connectivity index (χ2v) is 6.97. The summed E-state index contributed by atoms with van der Waals surface area (Å²) in [4.78, 5) is 14.2. The lowest BCUT2D eigenvalue weighted by Gasteiger charge is -2.31. The first-order valence-corrected chi connectivity index (χ1v) is 7.96. The van der Waals surface area contributed by atoms with Crippen LogP contribution in [0.15, 0.2) is 53.4 Å². The molecule has 2 aliphatic heterocycles. The number of hydrogen-bond donors (Lipinski definition) is 0. The third kappa shape index (κ3) is 1.35. The van der Waals surface area contributed by atoms with Crippen molar-refractivity contribution in [2.75, 3.05) is 5.88 Å². The molecule has 0 saturated heterocycles. The zero-order valence-electron chi connectivity index (χ0n) is 10.5. The number of hydrogen-bond acceptors (Lipinski definition) is 3. The van der Waals surface area contributed by atoms with Gasteiger partial charge in [-0.3, -0.25) is 4.79 Å². The Hall–Kier alpha value is -2.14. The monoisotopic (exact) mass is 285 g/mol. The summed E-state index contributed by atoms with van der Waals surface area (Å²) in [6, 6.07) is 14.0. The molecule has 0 spiro atoms. The standard InChI is InChI=1S/C15H11NO3S/c17-15-11-6-2-1-5-10(11)14-12-7-3-4-8-13(12)20(18,19)9-16(14)15/h1-8,14H,9H2. The highest BCUT2D eigenvalue weighted by Gasteiger charge is 2.45. The van der Waals surface area contributed by atoms with Gasteiger partial charge in [0.1, 0.15) is 5.88 Å². The molecule has 0 N–H and O–H groups in total. The fourth-order valence-electron chi connectivity index (χ4n) is 3.08. The van der Waals surface area contributed by atoms with Gasteiger partial charge in [-0.15, -0.1) is 0 Å². The van der Waals surface area contributed by atoms with Gasteiger partial charge in [0.05, 0.1) is 10.9 Å². The molecule has 1 amide bonds. The summed E-state index contributed by atoms with van der Waals surface area (Å²) in [5.74, 6) is -0.453. The second kappa shape index (κ2) is 3.70. The second-order valence-electron chi connectivity index (χ2n) is 5.05. The highest BCUT2D eigenvalue weighted by molar-refractivity contribution is 7.91. The number of sulfone groups is 1. The molecule has 0 saturated carbocycles. The van der Waals surface area contributed by atoms with Gasteiger partial charge < -0.3 is 4.90 Å². The summed E-state index contributed by atoms with van der Waals surface area (Å²) in [6.45, 7) is 0. The van der Waals surface area contributed by atoms with E-state index < -0.39 is 9.84 Å². The summed E-state index contributed by atoms with van der Waals surface area (Å²) in [6.07, 6.45) is 0. The molecule has 5 heteroatoms. The van der Waals surface area contributed by atoms with Gasteiger partial charge in [0.25, 0.3) is 5.91 Å². The van der Waals surface area contributed by atoms with E-state index >= 15 is 0 Å². The Kier molecular flexibility index (Phi) is 2.16. The Balaban J connectivity index is 2.05. The van der Waals surface area contributed by atoms with Crippen molar-refractivity contribution in [1.82, 2.24) is 4.90 Å². The molecular weight excluding hydrogens is 274 g/mol. The van der Waals surface area contributed by atoms with E-state index in [1.807, 2.05) is 18.2 Å². The Morgan fingerprint density at radius 2 is 1.60 bits per heavy atom. The quantitative estimate of drug-likeness (QED) is 0.743. The van der Waals surface area contributed by atoms with Gasteiger partial charge in [-0.1, -0.05) is 36.4 Å². The van der Waals surface area contributed by atoms with Crippen molar-refractivity contribution in [2.45, 2.75) is 10.9 Å². The fourth-order valence-corrected chi connectivity index (χ4v) is 4.68. The SMILES string of the molecule is O=C1c2ccccc2C2c3ccccc3S(=O)(=O)CN12. The van der Waals surface area contributed by atoms with Crippen molar-refractivity contribution in [3.05, 3.63) is 65.2 Å². The third-order valence-electron chi connectivity index (χ3n) is 3.92. The molecule has 0 aromatic heterocycles. The van der Waals surface area contributed by atoms with Gasteiger partial charge in [0.2, 0.25) is 0 Å². The first kappa shape index (κ1) is 11.7. The molecular formula is C15H11NO3S. The Morgan fingerprint density at radius 1 is 0.950 bits per heavy atom. The fraction of sp³-hybridized carbons (Fsp3) is 0.133. The van der Waals surface area contributed by atoms with E-state index in [2.05, 4.69) is 0 Å². The van der Waals surface area contributed by atoms with Crippen LogP contribution in [-0.2, 0) is 9.84 Å². The molecule has 4 nitrogen and oxygen atoms in total. The number of amides is 1. The Labute approximate surface area is 116 Å². The maximum absolute atomic E-state index is 12.4. The van der Waals surface area contributed by atoms with E-state index in [-0.39, 0.29) is 17.8 Å². The van der Waals surface area contributed by atoms with Crippen LogP contribution >= 0.6 is 0 Å². The zero-order chi connectivity index (χ0) is 13.9. The van der Waals surface area contributed by atoms with Gasteiger partial charge >= 0.3 is 0 Å². The van der Waals surface area contributed by atoms with E-state index in [1.54, 1.807) is 30.3 Å². The molecule has 1 atom stereocenters. The van der Waals surface area contributed by atoms with Crippen molar-refractivity contribution < 1.29 is 13.2 Å². The maximum Gasteiger partial charge on any atom is 0.255 e. The van der Waals surface area contributed by atoms with E-state index in [1.165, 1.54) is 4.90 Å². The molecule has 0 radical (unpaired) electrons. The minimum Gasteiger partial charge on any atom is -0.313 e. The molecule has 20 heavy (non-hydrogen) atoms. The predicted molar refractivity (Wildman–Crippen MR) is 72.9 cm³/mol. The van der Waals surface area contributed by atoms with Crippen LogP contribution in [0.1, 0.15) is 27.5 Å². The van der Waals surface area contributed by atoms with E-state index in [0.29, 0.717) is 16.0 Å². The minimum absolute atomic E-state index is 0.205. The summed E-state index contributed by atoms with van der Waals surface area (Å²) in [5, 5.41) is 0. The molecule has 2 aromatic carbocycles. The average Bonchev–Trinajstić information content (AvgIpc) is 2.72. The number of benzene rings is 2. The van der Waals surface area contributed by atoms with Crippen molar-refractivity contribution in [3.63, 3.8) is 0 Å². The van der Waals surface area contributed by atoms with Gasteiger partial charge in [0, 0.05) is 5.56 Å². The third-order valence-corrected chi connectivity index (χ3v) is 5.58. The van der Waals surface area contributed by atoms with E-state index in [4.69, 9.17) is 0 Å². The highest BCUT2D eigenvalue weighted by Crippen LogP contribution is 2.44. The number of nitrogens with zero attached hydrogens (tertiary/aromatic N) is 1. The van der Waals surface area contributed by atoms with Crippen molar-refractivity contribution in [2.24, 2.45) is 0 Å². The number of carbonyl (C=O) groups excluding carboxylic acids is 1. The summed E-state index contributed by atoms with van der Waals surface area (Å²) >= 11 is 0. The van der Waals surface area contributed by atoms with Gasteiger partial charge in [-0.25, -0.2) is 8.42 Å². The molecule has 1 unspecified atom stereocenters. The van der Waals surface area contributed by atoms with Crippen LogP contribution < -0.4 is 0 Å². The van der Waals surface area contributed by atoms with Crippen LogP contribution in [-0.4, -0.2) is 25.1 Å². The molecule has 0 aliphatic carbocycles. The summed E-state index contributed by atoms with van der Waals surface area (Å²) in [7, 11) is -3.44. The van der Waals surface area contributed by atoms with Crippen LogP contribution in [0.5, 0.6) is 0 Å². The van der Waals surface area contributed by atoms with E-state index in [0.717, 1.165) is 5.56 Å². The van der Waals surface area contributed by atoms with Crippen molar-refractivity contribution in [1.29, 1.82) is 0 Å². The lowest BCUT2D eigenvalue weighted by atomic mass is 9.98. The Morgan fingerprint density at radius 3 is 2.40 bits per heavy atom. The molecule has 2 aromatic rings. The van der Waals surface area contributed by atoms with Gasteiger partial charge in [-0.05, 0) is 23.3 Å². The summed E-state index contributed by atoms with van der Waals surface area (Å²) in [5.41, 5.74) is 2.18. The van der Waals surface area contributed by atoms with Crippen LogP contribution in [0.3, 0.4) is 0 Å². The van der Waals surface area contributed by atoms with Crippen LogP contribution in [0, 0.1) is 0 Å². The van der Waals surface area contributed by atoms with Crippen LogP contribution in [0.25, 0.3) is 0 Å². The summed E-state index contributed by atoms with van der Waals surface area (Å²) < 4.78 is 24.6. The van der Waals surface area contributed by atoms with Crippen LogP contribution in [0.2, 0.25) is 0 Å². The molecule has 100 valence electrons. The largest absolute Gasteiger partial charge is 0.313 e. The van der Waals surface area contributed by atoms with Crippen LogP contribution in [0.4, 0.5) is 0 Å². The normalized spacial score (nSPS) is 22.1. The first-order chi connectivity index (χ1) is 9.59. The average molecular weight is 285 g/mol. The first-order valence-electron chi connectivity index (χ1n) is 6.31. The highest BCUT2D eigenvalue weighted by atomic mass is 32.2. The molecule has 4 rings (SSSR count). The smallest absolute Gasteiger partial charge is 0.255 e. The van der Waals surface area contributed by atoms with Gasteiger partial charge in [-0.2, -0.15) is 0 Å². The molecule has 0 bridgehead atoms. The lowest BCUT2D eigenvalue weighted by molar-refractivity contribution is 0.0774. The number of rotatable bonds is 0. The predicted octanol–water partition coefficient (Wildman–Crippen LogP) is 1.98. The van der Waals surface area contributed by atoms with Crippen molar-refractivity contribution >= 4 is 15.7 Å². The van der Waals surface area contributed by atoms with E-state index in [9.17, 15) is 13.2 Å². The minimum atomic E-state index is -3.44. The topological polar surface area (TPSA) is 54.5 Å². The molecule has 2 aliphatic rings. The van der Waals surface area contributed by atoms with Crippen molar-refractivity contribution in [3.8, 4) is 0 Å². The molecule has 2 heterocycles. The Bertz CT molecular complexity index is 842. The lowest BCUT2D eigenvalue weighted by Crippen LogP contribution is -2.38.